The number of carbonyl (C=O) groups is 2. The lowest BCUT2D eigenvalue weighted by Crippen LogP contribution is -2.18. The predicted octanol–water partition coefficient (Wildman–Crippen LogP) is -1.09. The molecule has 0 aliphatic rings. The van der Waals surface area contributed by atoms with Crippen LogP contribution in [0.15, 0.2) is 0 Å². The Kier molecular flexibility index (Phi) is 42.5. The van der Waals surface area contributed by atoms with E-state index in [1.165, 1.54) is 12.3 Å². The van der Waals surface area contributed by atoms with Crippen LogP contribution in [-0.4, -0.2) is 11.9 Å². The van der Waals surface area contributed by atoms with Crippen molar-refractivity contribution < 1.29 is 9.59 Å². The van der Waals surface area contributed by atoms with Crippen molar-refractivity contribution in [2.45, 2.75) is 6.92 Å². The average Bonchev–Trinajstić information content (AvgIpc) is 1.60. The second kappa shape index (κ2) is 22.7. The Labute approximate surface area is 75.9 Å². The number of urea groups is 1. The first-order chi connectivity index (χ1) is 4.88. The fourth-order valence-electron chi connectivity index (χ4n) is 0. The van der Waals surface area contributed by atoms with Gasteiger partial charge in [0.1, 0.15) is 0 Å². The highest BCUT2D eigenvalue weighted by Crippen LogP contribution is 1.33. The lowest BCUT2D eigenvalue weighted by atomic mass is 10.8. The number of thiocyanates is 1. The van der Waals surface area contributed by atoms with E-state index < -0.39 is 6.03 Å². The molecule has 0 fully saturated rings. The monoisotopic (exact) mass is 195 g/mol. The number of amides is 3. The van der Waals surface area contributed by atoms with Crippen LogP contribution in [0.5, 0.6) is 0 Å². The summed E-state index contributed by atoms with van der Waals surface area (Å²) in [5.41, 5.74) is 13.0. The van der Waals surface area contributed by atoms with Crippen molar-refractivity contribution in [3.8, 4) is 5.40 Å². The molecule has 0 rings (SSSR count). The summed E-state index contributed by atoms with van der Waals surface area (Å²) in [5, 5.41) is 8.47. The minimum atomic E-state index is -0.833. The van der Waals surface area contributed by atoms with E-state index >= 15 is 0 Å². The van der Waals surface area contributed by atoms with Gasteiger partial charge in [0.25, 0.3) is 0 Å². The van der Waals surface area contributed by atoms with E-state index in [0.717, 1.165) is 0 Å². The molecule has 3 amide bonds. The largest absolute Gasteiger partial charge is 0.696 e. The van der Waals surface area contributed by atoms with Crippen LogP contribution >= 0.6 is 0 Å². The van der Waals surface area contributed by atoms with Gasteiger partial charge in [0.15, 0.2) is 0 Å². The Balaban J connectivity index is -0.0000000389. The second-order valence-electron chi connectivity index (χ2n) is 1.10. The van der Waals surface area contributed by atoms with Gasteiger partial charge in [-0.05, 0) is 0 Å². The molecule has 0 aromatic rings. The highest BCUT2D eigenvalue weighted by Gasteiger charge is 1.61. The Morgan fingerprint density at radius 1 is 1.33 bits per heavy atom. The molecule has 0 heterocycles. The summed E-state index contributed by atoms with van der Waals surface area (Å²) in [6, 6.07) is -0.833. The number of rotatable bonds is 0. The molecule has 72 valence electrons. The Morgan fingerprint density at radius 3 is 1.33 bits per heavy atom. The van der Waals surface area contributed by atoms with E-state index in [0.29, 0.717) is 0 Å². The van der Waals surface area contributed by atoms with E-state index in [1.54, 1.807) is 0 Å². The fourth-order valence-corrected chi connectivity index (χ4v) is 0. The van der Waals surface area contributed by atoms with Crippen molar-refractivity contribution in [3.05, 3.63) is 0 Å². The topological polar surface area (TPSA) is 172 Å². The number of quaternary nitrogens is 1. The van der Waals surface area contributed by atoms with Gasteiger partial charge in [-0.2, -0.15) is 0 Å². The van der Waals surface area contributed by atoms with Gasteiger partial charge < -0.3 is 36.0 Å². The highest BCUT2D eigenvalue weighted by atomic mass is 32.1. The Morgan fingerprint density at radius 2 is 1.33 bits per heavy atom. The van der Waals surface area contributed by atoms with Crippen LogP contribution in [0.2, 0.25) is 0 Å². The zero-order valence-electron chi connectivity index (χ0n) is 6.90. The minimum absolute atomic E-state index is 0. The maximum absolute atomic E-state index is 9.22. The van der Waals surface area contributed by atoms with E-state index in [-0.39, 0.29) is 12.1 Å². The first kappa shape index (κ1) is 22.4. The fraction of sp³-hybridized carbons (Fsp3) is 0.250. The van der Waals surface area contributed by atoms with Crippen molar-refractivity contribution in [1.29, 1.82) is 5.26 Å². The zero-order valence-corrected chi connectivity index (χ0v) is 7.72. The molecular weight excluding hydrogens is 182 g/mol. The quantitative estimate of drug-likeness (QED) is 0.284. The molecular formula is C4H13N5O2S. The van der Waals surface area contributed by atoms with Crippen LogP contribution in [0.1, 0.15) is 6.92 Å². The molecule has 0 atom stereocenters. The number of hydrogen-bond acceptors (Lipinski definition) is 4. The first-order valence-electron chi connectivity index (χ1n) is 2.20. The SMILES string of the molecule is CC(N)=O.N#C[S-].NC(N)=O.[NH4+]. The molecule has 0 aliphatic heterocycles. The molecule has 7 nitrogen and oxygen atoms in total. The van der Waals surface area contributed by atoms with Gasteiger partial charge >= 0.3 is 6.03 Å². The Hall–Kier alpha value is -1.59. The van der Waals surface area contributed by atoms with Crippen molar-refractivity contribution in [1.82, 2.24) is 6.15 Å². The van der Waals surface area contributed by atoms with Crippen LogP contribution in [-0.2, 0) is 17.4 Å². The zero-order chi connectivity index (χ0) is 9.86. The molecule has 12 heavy (non-hydrogen) atoms. The van der Waals surface area contributed by atoms with Gasteiger partial charge in [-0.1, -0.05) is 5.40 Å². The average molecular weight is 195 g/mol. The molecule has 0 unspecified atom stereocenters. The molecule has 8 heteroatoms. The van der Waals surface area contributed by atoms with Crippen molar-refractivity contribution in [2.75, 3.05) is 0 Å². The van der Waals surface area contributed by atoms with Gasteiger partial charge in [-0.3, -0.25) is 4.79 Å². The van der Waals surface area contributed by atoms with Gasteiger partial charge in [0.2, 0.25) is 5.91 Å². The van der Waals surface area contributed by atoms with Crippen molar-refractivity contribution in [2.24, 2.45) is 17.2 Å². The standard InChI is InChI=1S/C2H5NO.CH4N2O.CHNS.H3N/c1-2(3)4;2-1(3)4;2-1-3;/h1H3,(H2,3,4);(H4,2,3,4);3H;1H3. The normalized spacial score (nSPS) is 4.67. The van der Waals surface area contributed by atoms with Gasteiger partial charge in [0.05, 0.1) is 0 Å². The molecule has 10 N–H and O–H groups in total. The molecule has 0 spiro atoms. The molecule has 0 aromatic carbocycles. The third-order valence-electron chi connectivity index (χ3n) is 0. The van der Waals surface area contributed by atoms with Crippen molar-refractivity contribution in [3.63, 3.8) is 0 Å². The van der Waals surface area contributed by atoms with E-state index in [1.807, 2.05) is 0 Å². The van der Waals surface area contributed by atoms with Crippen LogP contribution in [0.4, 0.5) is 4.79 Å². The third-order valence-corrected chi connectivity index (χ3v) is 0. The smallest absolute Gasteiger partial charge is 0.309 e. The third kappa shape index (κ3) is 183. The predicted molar refractivity (Wildman–Crippen MR) is 47.6 cm³/mol. The van der Waals surface area contributed by atoms with Crippen LogP contribution in [0.3, 0.4) is 0 Å². The summed E-state index contributed by atoms with van der Waals surface area (Å²) >= 11 is 3.70. The van der Waals surface area contributed by atoms with E-state index in [9.17, 15) is 4.79 Å². The number of nitrogens with two attached hydrogens (primary N) is 3. The molecule has 0 aromatic heterocycles. The van der Waals surface area contributed by atoms with Crippen LogP contribution < -0.4 is 23.4 Å². The molecule has 0 saturated carbocycles. The Bertz CT molecular complexity index is 134. The second-order valence-corrected chi connectivity index (χ2v) is 1.29. The van der Waals surface area contributed by atoms with E-state index in [2.05, 4.69) is 29.8 Å². The lowest BCUT2D eigenvalue weighted by molar-refractivity contribution is -0.115. The summed E-state index contributed by atoms with van der Waals surface area (Å²) in [4.78, 5) is 18.2. The molecule has 0 aliphatic carbocycles. The summed E-state index contributed by atoms with van der Waals surface area (Å²) in [7, 11) is 0. The number of nitrogens with zero attached hydrogens (tertiary/aromatic N) is 1. The number of hydrogen-bond donors (Lipinski definition) is 4. The summed E-state index contributed by atoms with van der Waals surface area (Å²) in [6.07, 6.45) is 0. The summed E-state index contributed by atoms with van der Waals surface area (Å²) < 4.78 is 0. The van der Waals surface area contributed by atoms with Crippen LogP contribution in [0, 0.1) is 10.7 Å². The maximum atomic E-state index is 9.22. The van der Waals surface area contributed by atoms with Gasteiger partial charge in [-0.25, -0.2) is 10.1 Å². The molecule has 0 radical (unpaired) electrons. The molecule has 0 bridgehead atoms. The first-order valence-corrected chi connectivity index (χ1v) is 2.61. The minimum Gasteiger partial charge on any atom is -0.696 e. The number of nitriles is 1. The van der Waals surface area contributed by atoms with E-state index in [4.69, 9.17) is 10.1 Å². The summed E-state index contributed by atoms with van der Waals surface area (Å²) in [6.45, 7) is 1.31. The number of primary amides is 3. The van der Waals surface area contributed by atoms with Gasteiger partial charge in [0, 0.05) is 6.92 Å². The molecule has 0 saturated heterocycles. The highest BCUT2D eigenvalue weighted by molar-refractivity contribution is 7.64. The lowest BCUT2D eigenvalue weighted by Gasteiger charge is -1.62. The summed E-state index contributed by atoms with van der Waals surface area (Å²) in [5.74, 6) is -0.333. The maximum Gasteiger partial charge on any atom is 0.309 e. The number of carbonyl (C=O) groups excluding carboxylic acids is 2. The van der Waals surface area contributed by atoms with Crippen LogP contribution in [0.25, 0.3) is 0 Å². The van der Waals surface area contributed by atoms with Gasteiger partial charge in [-0.15, -0.1) is 0 Å². The van der Waals surface area contributed by atoms with Crippen molar-refractivity contribution >= 4 is 24.6 Å².